The van der Waals surface area contributed by atoms with E-state index < -0.39 is 5.41 Å². The maximum atomic E-state index is 11.7. The molecule has 0 atom stereocenters. The average molecular weight is 331 g/mol. The van der Waals surface area contributed by atoms with Crippen molar-refractivity contribution in [1.82, 2.24) is 14.3 Å². The predicted octanol–water partition coefficient (Wildman–Crippen LogP) is 4.28. The van der Waals surface area contributed by atoms with Crippen molar-refractivity contribution in [3.05, 3.63) is 48.6 Å². The third kappa shape index (κ3) is 5.72. The van der Waals surface area contributed by atoms with Crippen molar-refractivity contribution in [2.45, 2.75) is 54.6 Å². The van der Waals surface area contributed by atoms with Crippen LogP contribution in [0.25, 0.3) is 5.76 Å². The second-order valence-electron chi connectivity index (χ2n) is 6.56. The first-order valence-electron chi connectivity index (χ1n) is 8.25. The summed E-state index contributed by atoms with van der Waals surface area (Å²) >= 11 is 0. The Labute approximate surface area is 144 Å². The number of hydrogen-bond acceptors (Lipinski definition) is 3. The molecule has 0 spiro atoms. The van der Waals surface area contributed by atoms with Gasteiger partial charge in [0.1, 0.15) is 11.5 Å². The largest absolute Gasteiger partial charge is 0.424 e. The third-order valence-corrected chi connectivity index (χ3v) is 3.35. The van der Waals surface area contributed by atoms with Gasteiger partial charge in [-0.05, 0) is 59.7 Å². The summed E-state index contributed by atoms with van der Waals surface area (Å²) in [6, 6.07) is 5.93. The minimum atomic E-state index is -0.533. The fraction of sp³-hybridized carbons (Fsp3) is 0.474. The normalized spacial score (nSPS) is 10.8. The van der Waals surface area contributed by atoms with Crippen LogP contribution in [0.15, 0.2) is 37.2 Å². The Bertz CT molecular complexity index is 661. The zero-order valence-corrected chi connectivity index (χ0v) is 15.7. The van der Waals surface area contributed by atoms with Crippen LogP contribution in [0.1, 0.15) is 46.0 Å². The molecule has 24 heavy (non-hydrogen) atoms. The molecule has 0 unspecified atom stereocenters. The predicted molar refractivity (Wildman–Crippen MR) is 97.3 cm³/mol. The molecule has 0 N–H and O–H groups in total. The number of carbonyl (C=O) groups excluding carboxylic acids is 1. The van der Waals surface area contributed by atoms with Crippen LogP contribution in [0.3, 0.4) is 0 Å². The number of hydrogen-bond donors (Lipinski definition) is 0. The highest BCUT2D eigenvalue weighted by Crippen LogP contribution is 2.22. The molecule has 0 aliphatic rings. The van der Waals surface area contributed by atoms with Crippen molar-refractivity contribution in [2.24, 2.45) is 5.41 Å². The molecule has 0 aliphatic heterocycles. The summed E-state index contributed by atoms with van der Waals surface area (Å²) in [7, 11) is 0. The molecule has 132 valence electrons. The van der Waals surface area contributed by atoms with E-state index in [4.69, 9.17) is 4.74 Å². The van der Waals surface area contributed by atoms with Gasteiger partial charge in [-0.1, -0.05) is 6.58 Å². The zero-order chi connectivity index (χ0) is 18.3. The molecule has 0 aliphatic carbocycles. The maximum Gasteiger partial charge on any atom is 0.316 e. The van der Waals surface area contributed by atoms with E-state index in [9.17, 15) is 4.79 Å². The Kier molecular flexibility index (Phi) is 7.01. The van der Waals surface area contributed by atoms with E-state index in [0.717, 1.165) is 24.5 Å². The Morgan fingerprint density at radius 2 is 1.79 bits per heavy atom. The lowest BCUT2D eigenvalue weighted by atomic mass is 9.97. The van der Waals surface area contributed by atoms with E-state index in [2.05, 4.69) is 35.6 Å². The van der Waals surface area contributed by atoms with Crippen molar-refractivity contribution in [2.75, 3.05) is 0 Å². The molecule has 2 aromatic rings. The van der Waals surface area contributed by atoms with Crippen molar-refractivity contribution >= 4 is 11.7 Å². The molecule has 0 radical (unpaired) electrons. The second-order valence-corrected chi connectivity index (χ2v) is 6.56. The number of ether oxygens (including phenoxy) is 1. The number of esters is 1. The lowest BCUT2D eigenvalue weighted by molar-refractivity contribution is -0.145. The van der Waals surface area contributed by atoms with Crippen LogP contribution in [-0.4, -0.2) is 20.3 Å². The smallest absolute Gasteiger partial charge is 0.316 e. The fourth-order valence-corrected chi connectivity index (χ4v) is 1.91. The van der Waals surface area contributed by atoms with Gasteiger partial charge in [0.15, 0.2) is 0 Å². The van der Waals surface area contributed by atoms with Crippen molar-refractivity contribution in [3.8, 4) is 0 Å². The second kappa shape index (κ2) is 8.52. The van der Waals surface area contributed by atoms with Crippen molar-refractivity contribution in [3.63, 3.8) is 0 Å². The van der Waals surface area contributed by atoms with Gasteiger partial charge in [-0.25, -0.2) is 0 Å². The van der Waals surface area contributed by atoms with Crippen LogP contribution >= 0.6 is 0 Å². The first-order valence-corrected chi connectivity index (χ1v) is 8.25. The summed E-state index contributed by atoms with van der Waals surface area (Å²) in [5.74, 6) is 0.0661. The number of nitrogens with zero attached hydrogens (tertiary/aromatic N) is 3. The van der Waals surface area contributed by atoms with E-state index in [0.29, 0.717) is 5.76 Å². The quantitative estimate of drug-likeness (QED) is 0.620. The molecular formula is C19H29N3O2. The van der Waals surface area contributed by atoms with Crippen molar-refractivity contribution in [1.29, 1.82) is 0 Å². The van der Waals surface area contributed by atoms with Gasteiger partial charge >= 0.3 is 5.97 Å². The summed E-state index contributed by atoms with van der Waals surface area (Å²) < 4.78 is 9.16. The monoisotopic (exact) mass is 331 g/mol. The van der Waals surface area contributed by atoms with Crippen molar-refractivity contribution < 1.29 is 9.53 Å². The van der Waals surface area contributed by atoms with E-state index in [1.807, 2.05) is 52.8 Å². The lowest BCUT2D eigenvalue weighted by Crippen LogP contribution is -2.22. The van der Waals surface area contributed by atoms with Gasteiger partial charge < -0.3 is 9.30 Å². The van der Waals surface area contributed by atoms with Gasteiger partial charge in [-0.2, -0.15) is 5.10 Å². The molecule has 0 bridgehead atoms. The Balaban J connectivity index is 0.000000341. The fourth-order valence-electron chi connectivity index (χ4n) is 1.91. The van der Waals surface area contributed by atoms with Gasteiger partial charge in [-0.15, -0.1) is 0 Å². The first kappa shape index (κ1) is 19.7. The number of aromatic nitrogens is 3. The number of carbonyl (C=O) groups is 1. The van der Waals surface area contributed by atoms with Gasteiger partial charge in [0.2, 0.25) is 0 Å². The van der Waals surface area contributed by atoms with Crippen LogP contribution in [0.4, 0.5) is 0 Å². The zero-order valence-electron chi connectivity index (χ0n) is 15.7. The summed E-state index contributed by atoms with van der Waals surface area (Å²) in [6.07, 6.45) is 4.11. The maximum absolute atomic E-state index is 11.7. The van der Waals surface area contributed by atoms with Gasteiger partial charge in [0.05, 0.1) is 11.1 Å². The van der Waals surface area contributed by atoms with Crippen LogP contribution in [0.2, 0.25) is 0 Å². The van der Waals surface area contributed by atoms with Gasteiger partial charge in [0.25, 0.3) is 0 Å². The number of aryl methyl sites for hydroxylation is 3. The Hall–Kier alpha value is -2.30. The average Bonchev–Trinajstić information content (AvgIpc) is 3.15. The molecule has 0 aromatic carbocycles. The highest BCUT2D eigenvalue weighted by molar-refractivity contribution is 5.81. The van der Waals surface area contributed by atoms with E-state index in [1.54, 1.807) is 4.68 Å². The molecule has 0 amide bonds. The van der Waals surface area contributed by atoms with Crippen LogP contribution in [-0.2, 0) is 22.6 Å². The minimum absolute atomic E-state index is 0.288. The Morgan fingerprint density at radius 1 is 1.21 bits per heavy atom. The molecule has 2 aromatic heterocycles. The SMILES string of the molecule is C=C(OC(=O)C(C)(C)C)c1cc(C)nn1CC.CCn1cccc1. The molecule has 5 heteroatoms. The standard InChI is InChI=1S/C13H20N2O2.C6H9N/c1-7-15-11(8-9(2)14-15)10(3)17-12(16)13(4,5)6;1-2-7-5-3-4-6-7/h8H,3,7H2,1-2,4-6H3;3-6H,2H2,1H3. The van der Waals surface area contributed by atoms with E-state index in [1.165, 1.54) is 0 Å². The minimum Gasteiger partial charge on any atom is -0.424 e. The third-order valence-electron chi connectivity index (χ3n) is 3.35. The van der Waals surface area contributed by atoms with Crippen LogP contribution in [0.5, 0.6) is 0 Å². The van der Waals surface area contributed by atoms with Gasteiger partial charge in [0, 0.05) is 25.5 Å². The van der Waals surface area contributed by atoms with Crippen LogP contribution < -0.4 is 0 Å². The summed E-state index contributed by atoms with van der Waals surface area (Å²) in [6.45, 7) is 17.0. The highest BCUT2D eigenvalue weighted by Gasteiger charge is 2.25. The van der Waals surface area contributed by atoms with E-state index >= 15 is 0 Å². The summed E-state index contributed by atoms with van der Waals surface area (Å²) in [4.78, 5) is 11.7. The molecule has 5 nitrogen and oxygen atoms in total. The van der Waals surface area contributed by atoms with Gasteiger partial charge in [-0.3, -0.25) is 9.48 Å². The Morgan fingerprint density at radius 3 is 2.21 bits per heavy atom. The molecule has 0 saturated heterocycles. The lowest BCUT2D eigenvalue weighted by Gasteiger charge is -2.17. The molecule has 2 rings (SSSR count). The topological polar surface area (TPSA) is 49.0 Å². The summed E-state index contributed by atoms with van der Waals surface area (Å²) in [5, 5.41) is 4.28. The number of rotatable bonds is 4. The van der Waals surface area contributed by atoms with Crippen LogP contribution in [0, 0.1) is 12.3 Å². The molecular weight excluding hydrogens is 302 g/mol. The first-order chi connectivity index (χ1) is 11.2. The molecule has 2 heterocycles. The summed E-state index contributed by atoms with van der Waals surface area (Å²) in [5.41, 5.74) is 1.10. The highest BCUT2D eigenvalue weighted by atomic mass is 16.5. The molecule has 0 saturated carbocycles. The van der Waals surface area contributed by atoms with E-state index in [-0.39, 0.29) is 5.97 Å². The molecule has 0 fully saturated rings.